The molecule has 2 aromatic rings. The summed E-state index contributed by atoms with van der Waals surface area (Å²) in [6.45, 7) is 6.28. The molecule has 0 aliphatic carbocycles. The first kappa shape index (κ1) is 24.0. The van der Waals surface area contributed by atoms with Crippen LogP contribution in [0.25, 0.3) is 0 Å². The van der Waals surface area contributed by atoms with Crippen LogP contribution in [0.15, 0.2) is 36.4 Å². The molecule has 1 amide bonds. The molecular weight excluding hydrogens is 457 g/mol. The normalized spacial score (nSPS) is 17.8. The summed E-state index contributed by atoms with van der Waals surface area (Å²) >= 11 is 12.2. The van der Waals surface area contributed by atoms with Crippen LogP contribution in [0.1, 0.15) is 48.4 Å². The van der Waals surface area contributed by atoms with Crippen molar-refractivity contribution < 1.29 is 13.2 Å². The lowest BCUT2D eigenvalue weighted by Gasteiger charge is -2.45. The average Bonchev–Trinajstić information content (AvgIpc) is 2.73. The number of piperidine rings is 1. The van der Waals surface area contributed by atoms with Crippen molar-refractivity contribution in [3.05, 3.63) is 63.4 Å². The van der Waals surface area contributed by atoms with Crippen LogP contribution in [-0.4, -0.2) is 48.5 Å². The van der Waals surface area contributed by atoms with Crippen LogP contribution in [0.3, 0.4) is 0 Å². The van der Waals surface area contributed by atoms with Crippen molar-refractivity contribution in [1.29, 1.82) is 0 Å². The summed E-state index contributed by atoms with van der Waals surface area (Å²) in [5.41, 5.74) is 1.58. The fourth-order valence-electron chi connectivity index (χ4n) is 4.16. The summed E-state index contributed by atoms with van der Waals surface area (Å²) in [5, 5.41) is 3.82. The SMILES string of the molecule is CCS(=O)(=O)N1CCC(c2cccc(C)n2)([C@H](C)NC(=O)c2ccc(Cl)cc2Cl)CC1. The van der Waals surface area contributed by atoms with Crippen molar-refractivity contribution in [3.8, 4) is 0 Å². The third kappa shape index (κ3) is 5.06. The number of sulfonamides is 1. The molecule has 0 bridgehead atoms. The molecule has 3 rings (SSSR count). The van der Waals surface area contributed by atoms with Crippen LogP contribution in [0.5, 0.6) is 0 Å². The van der Waals surface area contributed by atoms with Gasteiger partial charge in [-0.15, -0.1) is 0 Å². The molecule has 1 saturated heterocycles. The molecule has 1 aromatic heterocycles. The zero-order chi connectivity index (χ0) is 22.8. The number of pyridine rings is 1. The Morgan fingerprint density at radius 1 is 1.23 bits per heavy atom. The van der Waals surface area contributed by atoms with E-state index in [1.165, 1.54) is 10.4 Å². The number of hydrogen-bond acceptors (Lipinski definition) is 4. The van der Waals surface area contributed by atoms with Crippen molar-refractivity contribution in [2.45, 2.75) is 45.1 Å². The Labute approximate surface area is 194 Å². The van der Waals surface area contributed by atoms with Crippen molar-refractivity contribution >= 4 is 39.1 Å². The first-order chi connectivity index (χ1) is 14.6. The smallest absolute Gasteiger partial charge is 0.253 e. The van der Waals surface area contributed by atoms with Crippen molar-refractivity contribution in [2.75, 3.05) is 18.8 Å². The molecule has 31 heavy (non-hydrogen) atoms. The molecule has 1 atom stereocenters. The average molecular weight is 484 g/mol. The van der Waals surface area contributed by atoms with E-state index >= 15 is 0 Å². The number of hydrogen-bond donors (Lipinski definition) is 1. The first-order valence-corrected chi connectivity index (χ1v) is 12.6. The van der Waals surface area contributed by atoms with E-state index < -0.39 is 15.4 Å². The number of amides is 1. The van der Waals surface area contributed by atoms with E-state index in [0.717, 1.165) is 11.4 Å². The molecule has 0 radical (unpaired) electrons. The Morgan fingerprint density at radius 3 is 2.48 bits per heavy atom. The highest BCUT2D eigenvalue weighted by atomic mass is 35.5. The molecule has 0 unspecified atom stereocenters. The highest BCUT2D eigenvalue weighted by Gasteiger charge is 2.44. The molecule has 9 heteroatoms. The molecule has 168 valence electrons. The minimum Gasteiger partial charge on any atom is -0.349 e. The molecule has 1 aliphatic rings. The lowest BCUT2D eigenvalue weighted by molar-refractivity contribution is 0.0893. The number of rotatable bonds is 6. The van der Waals surface area contributed by atoms with Gasteiger partial charge in [0.1, 0.15) is 0 Å². The largest absolute Gasteiger partial charge is 0.349 e. The summed E-state index contributed by atoms with van der Waals surface area (Å²) < 4.78 is 26.3. The van der Waals surface area contributed by atoms with Crippen LogP contribution in [0.4, 0.5) is 0 Å². The number of carbonyl (C=O) groups excluding carboxylic acids is 1. The Bertz CT molecular complexity index is 1070. The summed E-state index contributed by atoms with van der Waals surface area (Å²) in [5.74, 6) is -0.228. The summed E-state index contributed by atoms with van der Waals surface area (Å²) in [6.07, 6.45) is 1.11. The number of halogens is 2. The third-order valence-electron chi connectivity index (χ3n) is 6.12. The van der Waals surface area contributed by atoms with E-state index in [0.29, 0.717) is 36.5 Å². The number of nitrogens with zero attached hydrogens (tertiary/aromatic N) is 2. The maximum atomic E-state index is 13.0. The number of carbonyl (C=O) groups is 1. The fraction of sp³-hybridized carbons (Fsp3) is 0.455. The van der Waals surface area contributed by atoms with Crippen LogP contribution in [0.2, 0.25) is 10.0 Å². The maximum Gasteiger partial charge on any atom is 0.253 e. The number of benzene rings is 1. The van der Waals surface area contributed by atoms with Gasteiger partial charge in [-0.2, -0.15) is 0 Å². The zero-order valence-corrected chi connectivity index (χ0v) is 20.2. The van der Waals surface area contributed by atoms with E-state index in [4.69, 9.17) is 28.2 Å². The lowest BCUT2D eigenvalue weighted by atomic mass is 9.70. The van der Waals surface area contributed by atoms with Gasteiger partial charge in [-0.05, 0) is 63.9 Å². The predicted octanol–water partition coefficient (Wildman–Crippen LogP) is 4.20. The molecule has 1 aromatic carbocycles. The summed E-state index contributed by atoms with van der Waals surface area (Å²) in [7, 11) is -3.27. The van der Waals surface area contributed by atoms with Gasteiger partial charge >= 0.3 is 0 Å². The second-order valence-electron chi connectivity index (χ2n) is 7.94. The maximum absolute atomic E-state index is 13.0. The third-order valence-corrected chi connectivity index (χ3v) is 8.55. The molecule has 0 spiro atoms. The fourth-order valence-corrected chi connectivity index (χ4v) is 5.76. The second kappa shape index (κ2) is 9.45. The van der Waals surface area contributed by atoms with E-state index in [1.807, 2.05) is 32.0 Å². The summed E-state index contributed by atoms with van der Waals surface area (Å²) in [6, 6.07) is 10.3. The van der Waals surface area contributed by atoms with Crippen LogP contribution >= 0.6 is 23.2 Å². The van der Waals surface area contributed by atoms with Crippen LogP contribution < -0.4 is 5.32 Å². The quantitative estimate of drug-likeness (QED) is 0.667. The number of nitrogens with one attached hydrogen (secondary N) is 1. The van der Waals surface area contributed by atoms with Gasteiger partial charge < -0.3 is 5.32 Å². The van der Waals surface area contributed by atoms with E-state index in [2.05, 4.69) is 5.32 Å². The van der Waals surface area contributed by atoms with Gasteiger partial charge in [-0.3, -0.25) is 9.78 Å². The highest BCUT2D eigenvalue weighted by Crippen LogP contribution is 2.39. The number of aryl methyl sites for hydroxylation is 1. The van der Waals surface area contributed by atoms with Gasteiger partial charge in [-0.25, -0.2) is 12.7 Å². The molecule has 1 aliphatic heterocycles. The van der Waals surface area contributed by atoms with Gasteiger partial charge in [0.05, 0.1) is 16.3 Å². The van der Waals surface area contributed by atoms with E-state index in [9.17, 15) is 13.2 Å². The highest BCUT2D eigenvalue weighted by molar-refractivity contribution is 7.89. The van der Waals surface area contributed by atoms with E-state index in [1.54, 1.807) is 19.1 Å². The molecular formula is C22H27Cl2N3O3S. The molecule has 0 saturated carbocycles. The zero-order valence-electron chi connectivity index (χ0n) is 17.9. The van der Waals surface area contributed by atoms with Gasteiger partial charge in [0.25, 0.3) is 5.91 Å². The van der Waals surface area contributed by atoms with Gasteiger partial charge in [0.15, 0.2) is 0 Å². The Hall–Kier alpha value is -1.67. The monoisotopic (exact) mass is 483 g/mol. The molecule has 1 N–H and O–H groups in total. The van der Waals surface area contributed by atoms with Crippen LogP contribution in [0, 0.1) is 6.92 Å². The van der Waals surface area contributed by atoms with Crippen molar-refractivity contribution in [2.24, 2.45) is 0 Å². The molecule has 1 fully saturated rings. The Kier molecular flexibility index (Phi) is 7.31. The van der Waals surface area contributed by atoms with Crippen molar-refractivity contribution in [1.82, 2.24) is 14.6 Å². The Balaban J connectivity index is 1.91. The minimum atomic E-state index is -3.27. The minimum absolute atomic E-state index is 0.0735. The summed E-state index contributed by atoms with van der Waals surface area (Å²) in [4.78, 5) is 17.7. The first-order valence-electron chi connectivity index (χ1n) is 10.3. The Morgan fingerprint density at radius 2 is 1.90 bits per heavy atom. The standard InChI is InChI=1S/C22H27Cl2N3O3S/c1-4-31(29,30)27-12-10-22(11-13-27,20-7-5-6-15(2)25-20)16(3)26-21(28)18-9-8-17(23)14-19(18)24/h5-9,14,16H,4,10-13H2,1-3H3,(H,26,28)/t16-/m0/s1. The van der Waals surface area contributed by atoms with E-state index in [-0.39, 0.29) is 22.7 Å². The second-order valence-corrected chi connectivity index (χ2v) is 11.0. The molecule has 6 nitrogen and oxygen atoms in total. The lowest BCUT2D eigenvalue weighted by Crippen LogP contribution is -2.55. The van der Waals surface area contributed by atoms with Crippen molar-refractivity contribution in [3.63, 3.8) is 0 Å². The topological polar surface area (TPSA) is 79.4 Å². The molecule has 2 heterocycles. The van der Waals surface area contributed by atoms with Gasteiger partial charge in [-0.1, -0.05) is 29.3 Å². The predicted molar refractivity (Wildman–Crippen MR) is 124 cm³/mol. The number of aromatic nitrogens is 1. The van der Waals surface area contributed by atoms with Crippen LogP contribution in [-0.2, 0) is 15.4 Å². The van der Waals surface area contributed by atoms with Gasteiger partial charge in [0.2, 0.25) is 10.0 Å². The van der Waals surface area contributed by atoms with Gasteiger partial charge in [0, 0.05) is 41.0 Å².